The summed E-state index contributed by atoms with van der Waals surface area (Å²) in [6.45, 7) is 13.6. The number of hydrogen-bond donors (Lipinski definition) is 0. The Bertz CT molecular complexity index is 1460. The van der Waals surface area contributed by atoms with Gasteiger partial charge in [0.05, 0.1) is 29.8 Å². The molecule has 2 aromatic carbocycles. The second kappa shape index (κ2) is 6.68. The van der Waals surface area contributed by atoms with E-state index in [1.807, 2.05) is 0 Å². The molecule has 3 heterocycles. The van der Waals surface area contributed by atoms with Gasteiger partial charge in [0, 0.05) is 11.6 Å². The van der Waals surface area contributed by atoms with Gasteiger partial charge in [0.1, 0.15) is 0 Å². The van der Waals surface area contributed by atoms with Crippen molar-refractivity contribution in [2.75, 3.05) is 0 Å². The molecule has 4 nitrogen and oxygen atoms in total. The van der Waals surface area contributed by atoms with Gasteiger partial charge in [0.25, 0.3) is 5.82 Å². The summed E-state index contributed by atoms with van der Waals surface area (Å²) in [6.07, 6.45) is 2.17. The minimum Gasteiger partial charge on any atom is -0.254 e. The van der Waals surface area contributed by atoms with E-state index >= 15 is 0 Å². The maximum absolute atomic E-state index is 5.09. The van der Waals surface area contributed by atoms with Crippen molar-refractivity contribution in [2.45, 2.75) is 52.9 Å². The van der Waals surface area contributed by atoms with Crippen molar-refractivity contribution in [1.29, 1.82) is 0 Å². The minimum atomic E-state index is 0.0700. The molecule has 0 aliphatic heterocycles. The van der Waals surface area contributed by atoms with E-state index in [1.165, 1.54) is 27.7 Å². The Balaban J connectivity index is 2.00. The Morgan fingerprint density at radius 1 is 0.968 bits per heavy atom. The molecule has 0 aliphatic rings. The number of hydrogen-bond acceptors (Lipinski definition) is 1. The second-order valence-corrected chi connectivity index (χ2v) is 10.0. The van der Waals surface area contributed by atoms with Crippen LogP contribution in [0.1, 0.15) is 57.2 Å². The van der Waals surface area contributed by atoms with Gasteiger partial charge in [-0.3, -0.25) is 4.40 Å². The van der Waals surface area contributed by atoms with E-state index in [-0.39, 0.29) is 5.41 Å². The van der Waals surface area contributed by atoms with Crippen molar-refractivity contribution < 1.29 is 4.57 Å². The zero-order chi connectivity index (χ0) is 22.1. The van der Waals surface area contributed by atoms with Gasteiger partial charge in [-0.1, -0.05) is 52.8 Å². The first-order chi connectivity index (χ1) is 14.7. The third-order valence-corrected chi connectivity index (χ3v) is 6.50. The summed E-state index contributed by atoms with van der Waals surface area (Å²) < 4.78 is 6.87. The summed E-state index contributed by atoms with van der Waals surface area (Å²) in [4.78, 5) is 5.09. The highest BCUT2D eigenvalue weighted by molar-refractivity contribution is 5.93. The van der Waals surface area contributed by atoms with Crippen LogP contribution < -0.4 is 4.57 Å². The molecule has 31 heavy (non-hydrogen) atoms. The summed E-state index contributed by atoms with van der Waals surface area (Å²) >= 11 is 0. The topological polar surface area (TPSA) is 26.1 Å². The zero-order valence-electron chi connectivity index (χ0n) is 19.6. The predicted octanol–water partition coefficient (Wildman–Crippen LogP) is 5.99. The molecule has 0 spiro atoms. The largest absolute Gasteiger partial charge is 0.312 e. The van der Waals surface area contributed by atoms with Crippen LogP contribution in [0.15, 0.2) is 54.7 Å². The Kier molecular flexibility index (Phi) is 4.27. The van der Waals surface area contributed by atoms with Gasteiger partial charge in [-0.2, -0.15) is 9.55 Å². The highest BCUT2D eigenvalue weighted by atomic mass is 15.3. The number of aryl methyl sites for hydroxylation is 2. The van der Waals surface area contributed by atoms with E-state index in [1.54, 1.807) is 0 Å². The zero-order valence-corrected chi connectivity index (χ0v) is 19.6. The molecule has 0 radical (unpaired) electrons. The normalized spacial score (nSPS) is 12.6. The van der Waals surface area contributed by atoms with Crippen LogP contribution >= 0.6 is 0 Å². The molecule has 5 aromatic rings. The Morgan fingerprint density at radius 2 is 1.71 bits per heavy atom. The summed E-state index contributed by atoms with van der Waals surface area (Å²) in [7, 11) is 2.12. The first-order valence-corrected chi connectivity index (χ1v) is 11.1. The average molecular weight is 412 g/mol. The fourth-order valence-corrected chi connectivity index (χ4v) is 4.75. The van der Waals surface area contributed by atoms with Crippen molar-refractivity contribution in [3.63, 3.8) is 0 Å². The fraction of sp³-hybridized carbons (Fsp3) is 0.333. The monoisotopic (exact) mass is 411 g/mol. The summed E-state index contributed by atoms with van der Waals surface area (Å²) in [6, 6.07) is 17.5. The Hall–Kier alpha value is -3.14. The van der Waals surface area contributed by atoms with E-state index in [0.29, 0.717) is 5.92 Å². The number of rotatable bonds is 2. The summed E-state index contributed by atoms with van der Waals surface area (Å²) in [5.41, 5.74) is 8.69. The van der Waals surface area contributed by atoms with E-state index in [0.717, 1.165) is 22.6 Å². The lowest BCUT2D eigenvalue weighted by Crippen LogP contribution is -2.34. The number of para-hydroxylation sites is 2. The SMILES string of the molecule is Cc1c(C(C)C)ccc2c1n(-c1cc(C(C)(C)C)cc[n+]1C)c1nc3ccccc3n21. The van der Waals surface area contributed by atoms with Crippen molar-refractivity contribution in [3.05, 3.63) is 71.4 Å². The minimum absolute atomic E-state index is 0.0700. The van der Waals surface area contributed by atoms with Gasteiger partial charge in [-0.05, 0) is 53.6 Å². The molecule has 0 bridgehead atoms. The molecule has 0 N–H and O–H groups in total. The van der Waals surface area contributed by atoms with Crippen LogP contribution in [0.3, 0.4) is 0 Å². The molecule has 4 heteroatoms. The smallest absolute Gasteiger partial charge is 0.254 e. The van der Waals surface area contributed by atoms with E-state index in [2.05, 4.69) is 117 Å². The molecule has 5 rings (SSSR count). The first-order valence-electron chi connectivity index (χ1n) is 11.1. The van der Waals surface area contributed by atoms with Gasteiger partial charge < -0.3 is 0 Å². The lowest BCUT2D eigenvalue weighted by molar-refractivity contribution is -0.665. The van der Waals surface area contributed by atoms with E-state index in [9.17, 15) is 0 Å². The van der Waals surface area contributed by atoms with Crippen LogP contribution in [0, 0.1) is 6.92 Å². The average Bonchev–Trinajstić information content (AvgIpc) is 3.23. The standard InChI is InChI=1S/C27H31N4/c1-17(2)20-12-13-23-25(18(20)3)31(24-16-19(27(4,5)6)14-15-29(24)7)26-28-21-10-8-9-11-22(21)30(23)26/h8-17H,1-7H3/q+1. The van der Waals surface area contributed by atoms with Crippen LogP contribution in [0.2, 0.25) is 0 Å². The molecule has 0 saturated heterocycles. The molecule has 158 valence electrons. The Labute approximate surface area is 183 Å². The fourth-order valence-electron chi connectivity index (χ4n) is 4.75. The number of imidazole rings is 2. The maximum atomic E-state index is 5.09. The lowest BCUT2D eigenvalue weighted by atomic mass is 9.87. The first kappa shape index (κ1) is 19.8. The number of pyridine rings is 1. The van der Waals surface area contributed by atoms with Gasteiger partial charge in [0.2, 0.25) is 0 Å². The third-order valence-electron chi connectivity index (χ3n) is 6.50. The number of nitrogens with zero attached hydrogens (tertiary/aromatic N) is 4. The van der Waals surface area contributed by atoms with Crippen molar-refractivity contribution >= 4 is 27.8 Å². The van der Waals surface area contributed by atoms with Gasteiger partial charge >= 0.3 is 5.78 Å². The highest BCUT2D eigenvalue weighted by Crippen LogP contribution is 2.34. The number of aromatic nitrogens is 4. The second-order valence-electron chi connectivity index (χ2n) is 10.0. The van der Waals surface area contributed by atoms with Crippen LogP contribution in [-0.4, -0.2) is 14.0 Å². The van der Waals surface area contributed by atoms with Crippen LogP contribution in [-0.2, 0) is 12.5 Å². The van der Waals surface area contributed by atoms with Crippen LogP contribution in [0.25, 0.3) is 33.7 Å². The predicted molar refractivity (Wildman–Crippen MR) is 128 cm³/mol. The third kappa shape index (κ3) is 2.88. The molecular weight excluding hydrogens is 380 g/mol. The van der Waals surface area contributed by atoms with Crippen molar-refractivity contribution in [2.24, 2.45) is 7.05 Å². The molecule has 0 amide bonds. The summed E-state index contributed by atoms with van der Waals surface area (Å²) in [5.74, 6) is 2.56. The van der Waals surface area contributed by atoms with Gasteiger partial charge in [0.15, 0.2) is 5.52 Å². The molecule has 0 atom stereocenters. The van der Waals surface area contributed by atoms with Gasteiger partial charge in [-0.15, -0.1) is 0 Å². The van der Waals surface area contributed by atoms with E-state index < -0.39 is 0 Å². The van der Waals surface area contributed by atoms with Crippen LogP contribution in [0.5, 0.6) is 0 Å². The maximum Gasteiger partial charge on any atom is 0.312 e. The van der Waals surface area contributed by atoms with E-state index in [4.69, 9.17) is 4.98 Å². The molecule has 0 unspecified atom stereocenters. The molecule has 0 saturated carbocycles. The molecule has 0 fully saturated rings. The molecule has 3 aromatic heterocycles. The van der Waals surface area contributed by atoms with Crippen molar-refractivity contribution in [1.82, 2.24) is 14.0 Å². The quantitative estimate of drug-likeness (QED) is 0.328. The number of benzene rings is 2. The number of fused-ring (bicyclic) bond motifs is 5. The Morgan fingerprint density at radius 3 is 2.42 bits per heavy atom. The lowest BCUT2D eigenvalue weighted by Gasteiger charge is -2.19. The van der Waals surface area contributed by atoms with Crippen molar-refractivity contribution in [3.8, 4) is 5.82 Å². The van der Waals surface area contributed by atoms with Crippen LogP contribution in [0.4, 0.5) is 0 Å². The highest BCUT2D eigenvalue weighted by Gasteiger charge is 2.28. The summed E-state index contributed by atoms with van der Waals surface area (Å²) in [5, 5.41) is 0. The molecule has 0 aliphatic carbocycles. The van der Waals surface area contributed by atoms with Gasteiger partial charge in [-0.25, -0.2) is 4.57 Å². The molecular formula is C27H31N4+.